The maximum Gasteiger partial charge on any atom is 0.410 e. The quantitative estimate of drug-likeness (QED) is 0.383. The molecule has 0 unspecified atom stereocenters. The first-order valence-electron chi connectivity index (χ1n) is 10.5. The van der Waals surface area contributed by atoms with Gasteiger partial charge in [-0.25, -0.2) is 14.4 Å². The summed E-state index contributed by atoms with van der Waals surface area (Å²) in [7, 11) is 1.22. The van der Waals surface area contributed by atoms with Gasteiger partial charge in [0.15, 0.2) is 5.78 Å². The molecule has 176 valence electrons. The molecule has 0 aromatic carbocycles. The van der Waals surface area contributed by atoms with E-state index in [0.717, 1.165) is 5.57 Å². The smallest absolute Gasteiger partial charge is 0.410 e. The van der Waals surface area contributed by atoms with Crippen molar-refractivity contribution in [2.24, 2.45) is 0 Å². The molecule has 1 rings (SSSR count). The van der Waals surface area contributed by atoms with Crippen LogP contribution in [0.2, 0.25) is 0 Å². The van der Waals surface area contributed by atoms with Crippen molar-refractivity contribution in [2.45, 2.75) is 84.5 Å². The number of nitrogens with zero attached hydrogens (tertiary/aromatic N) is 1. The lowest BCUT2D eigenvalue weighted by Crippen LogP contribution is -2.44. The number of hydrogen-bond acceptors (Lipinski definition) is 7. The Morgan fingerprint density at radius 3 is 2.03 bits per heavy atom. The number of amides is 2. The minimum Gasteiger partial charge on any atom is -0.467 e. The van der Waals surface area contributed by atoms with Crippen LogP contribution in [0.4, 0.5) is 9.59 Å². The summed E-state index contributed by atoms with van der Waals surface area (Å²) in [6.45, 7) is 11.6. The van der Waals surface area contributed by atoms with Gasteiger partial charge in [0.2, 0.25) is 0 Å². The summed E-state index contributed by atoms with van der Waals surface area (Å²) in [5.41, 5.74) is -0.314. The first-order chi connectivity index (χ1) is 14.2. The number of piperidine rings is 1. The van der Waals surface area contributed by atoms with E-state index in [9.17, 15) is 19.2 Å². The number of hydrogen-bond donors (Lipinski definition) is 1. The van der Waals surface area contributed by atoms with Crippen molar-refractivity contribution in [3.05, 3.63) is 11.6 Å². The van der Waals surface area contributed by atoms with Crippen LogP contribution in [0.5, 0.6) is 0 Å². The van der Waals surface area contributed by atoms with Crippen LogP contribution in [0.25, 0.3) is 0 Å². The predicted molar refractivity (Wildman–Crippen MR) is 115 cm³/mol. The van der Waals surface area contributed by atoms with Gasteiger partial charge in [-0.05, 0) is 66.9 Å². The number of alkyl carbamates (subject to hydrolysis) is 1. The molecule has 1 saturated heterocycles. The van der Waals surface area contributed by atoms with Crippen LogP contribution in [-0.4, -0.2) is 66.3 Å². The maximum absolute atomic E-state index is 12.4. The van der Waals surface area contributed by atoms with E-state index in [0.29, 0.717) is 25.9 Å². The molecule has 0 saturated carbocycles. The van der Waals surface area contributed by atoms with Crippen LogP contribution in [-0.2, 0) is 23.8 Å². The Kier molecular flexibility index (Phi) is 9.52. The Morgan fingerprint density at radius 1 is 1.00 bits per heavy atom. The third-order valence-electron chi connectivity index (χ3n) is 4.28. The van der Waals surface area contributed by atoms with E-state index in [1.165, 1.54) is 7.11 Å². The van der Waals surface area contributed by atoms with E-state index in [4.69, 9.17) is 14.2 Å². The molecule has 1 fully saturated rings. The number of rotatable bonds is 6. The standard InChI is InChI=1S/C22H36N2O7/c1-21(2,3)30-19(27)23-17(18(26)29-7)9-8-16(25)14-15-10-12-24(13-11-15)20(28)31-22(4,5)6/h14,17H,8-13H2,1-7H3,(H,23,27)/t17-/m1/s1. The van der Waals surface area contributed by atoms with Crippen LogP contribution in [0.1, 0.15) is 67.2 Å². The lowest BCUT2D eigenvalue weighted by molar-refractivity contribution is -0.143. The molecule has 0 aromatic rings. The molecule has 0 bridgehead atoms. The van der Waals surface area contributed by atoms with E-state index in [1.54, 1.807) is 31.7 Å². The van der Waals surface area contributed by atoms with Crippen molar-refractivity contribution in [3.8, 4) is 0 Å². The highest BCUT2D eigenvalue weighted by Crippen LogP contribution is 2.19. The lowest BCUT2D eigenvalue weighted by atomic mass is 10.0. The van der Waals surface area contributed by atoms with Gasteiger partial charge in [-0.2, -0.15) is 0 Å². The van der Waals surface area contributed by atoms with E-state index < -0.39 is 29.3 Å². The molecule has 1 atom stereocenters. The minimum atomic E-state index is -0.976. The fourth-order valence-electron chi connectivity index (χ4n) is 2.87. The molecule has 1 heterocycles. The second-order valence-electron chi connectivity index (χ2n) is 9.50. The average Bonchev–Trinajstić information content (AvgIpc) is 2.62. The van der Waals surface area contributed by atoms with Crippen LogP contribution in [0.3, 0.4) is 0 Å². The van der Waals surface area contributed by atoms with Crippen molar-refractivity contribution < 1.29 is 33.4 Å². The number of ether oxygens (including phenoxy) is 3. The summed E-state index contributed by atoms with van der Waals surface area (Å²) in [4.78, 5) is 50.0. The largest absolute Gasteiger partial charge is 0.467 e. The summed E-state index contributed by atoms with van der Waals surface area (Å²) >= 11 is 0. The zero-order valence-electron chi connectivity index (χ0n) is 19.7. The summed E-state index contributed by atoms with van der Waals surface area (Å²) in [5, 5.41) is 2.45. The van der Waals surface area contributed by atoms with Crippen LogP contribution in [0.15, 0.2) is 11.6 Å². The van der Waals surface area contributed by atoms with E-state index >= 15 is 0 Å². The second-order valence-corrected chi connectivity index (χ2v) is 9.50. The highest BCUT2D eigenvalue weighted by atomic mass is 16.6. The number of ketones is 1. The summed E-state index contributed by atoms with van der Waals surface area (Å²) in [6.07, 6.45) is 1.79. The molecular formula is C22H36N2O7. The lowest BCUT2D eigenvalue weighted by Gasteiger charge is -2.31. The molecule has 0 radical (unpaired) electrons. The summed E-state index contributed by atoms with van der Waals surface area (Å²) in [6, 6.07) is -0.976. The summed E-state index contributed by atoms with van der Waals surface area (Å²) in [5.74, 6) is -0.794. The van der Waals surface area contributed by atoms with Gasteiger partial charge < -0.3 is 24.4 Å². The molecule has 0 aromatic heterocycles. The third-order valence-corrected chi connectivity index (χ3v) is 4.28. The van der Waals surface area contributed by atoms with E-state index in [-0.39, 0.29) is 24.7 Å². The average molecular weight is 441 g/mol. The highest BCUT2D eigenvalue weighted by molar-refractivity contribution is 5.91. The number of nitrogens with one attached hydrogen (secondary N) is 1. The first kappa shape index (κ1) is 26.5. The Balaban J connectivity index is 2.56. The second kappa shape index (κ2) is 11.2. The molecule has 9 heteroatoms. The zero-order chi connectivity index (χ0) is 23.8. The Hall–Kier alpha value is -2.58. The van der Waals surface area contributed by atoms with Crippen molar-refractivity contribution in [1.82, 2.24) is 10.2 Å². The van der Waals surface area contributed by atoms with Crippen LogP contribution in [0, 0.1) is 0 Å². The fourth-order valence-corrected chi connectivity index (χ4v) is 2.87. The molecule has 1 aliphatic rings. The van der Waals surface area contributed by atoms with Gasteiger partial charge in [0.05, 0.1) is 7.11 Å². The van der Waals surface area contributed by atoms with Gasteiger partial charge in [0.25, 0.3) is 0 Å². The van der Waals surface area contributed by atoms with E-state index in [2.05, 4.69) is 5.32 Å². The molecular weight excluding hydrogens is 404 g/mol. The molecule has 9 nitrogen and oxygen atoms in total. The van der Waals surface area contributed by atoms with Crippen molar-refractivity contribution in [3.63, 3.8) is 0 Å². The minimum absolute atomic E-state index is 0.0643. The molecule has 1 N–H and O–H groups in total. The number of methoxy groups -OCH3 is 1. The number of allylic oxidation sites excluding steroid dienone is 1. The van der Waals surface area contributed by atoms with Gasteiger partial charge in [-0.3, -0.25) is 4.79 Å². The zero-order valence-corrected chi connectivity index (χ0v) is 19.7. The topological polar surface area (TPSA) is 111 Å². The fraction of sp³-hybridized carbons (Fsp3) is 0.727. The van der Waals surface area contributed by atoms with Crippen molar-refractivity contribution in [2.75, 3.05) is 20.2 Å². The predicted octanol–water partition coefficient (Wildman–Crippen LogP) is 3.36. The number of carbonyl (C=O) groups excluding carboxylic acids is 4. The van der Waals surface area contributed by atoms with Crippen molar-refractivity contribution in [1.29, 1.82) is 0 Å². The van der Waals surface area contributed by atoms with Gasteiger partial charge >= 0.3 is 18.2 Å². The van der Waals surface area contributed by atoms with Crippen molar-refractivity contribution >= 4 is 23.9 Å². The SMILES string of the molecule is COC(=O)[C@@H](CCC(=O)C=C1CCN(C(=O)OC(C)(C)C)CC1)NC(=O)OC(C)(C)C. The monoisotopic (exact) mass is 440 g/mol. The Morgan fingerprint density at radius 2 is 1.55 bits per heavy atom. The Bertz CT molecular complexity index is 692. The normalized spacial score (nSPS) is 15.6. The highest BCUT2D eigenvalue weighted by Gasteiger charge is 2.27. The number of likely N-dealkylation sites (tertiary alicyclic amines) is 1. The van der Waals surface area contributed by atoms with E-state index in [1.807, 2.05) is 20.8 Å². The summed E-state index contributed by atoms with van der Waals surface area (Å²) < 4.78 is 15.2. The van der Waals surface area contributed by atoms with Gasteiger partial charge in [0.1, 0.15) is 17.2 Å². The number of esters is 1. The third kappa shape index (κ3) is 10.8. The first-order valence-corrected chi connectivity index (χ1v) is 10.5. The molecule has 1 aliphatic heterocycles. The van der Waals surface area contributed by atoms with Gasteiger partial charge in [-0.15, -0.1) is 0 Å². The number of carbonyl (C=O) groups is 4. The van der Waals surface area contributed by atoms with Gasteiger partial charge in [0, 0.05) is 19.5 Å². The van der Waals surface area contributed by atoms with Crippen LogP contribution < -0.4 is 5.32 Å². The maximum atomic E-state index is 12.4. The Labute approximate surface area is 184 Å². The molecule has 2 amide bonds. The van der Waals surface area contributed by atoms with Crippen LogP contribution >= 0.6 is 0 Å². The molecule has 0 spiro atoms. The molecule has 31 heavy (non-hydrogen) atoms. The van der Waals surface area contributed by atoms with Gasteiger partial charge in [-0.1, -0.05) is 5.57 Å². The molecule has 0 aliphatic carbocycles.